The number of likely N-dealkylation sites (tertiary alicyclic amines) is 1. The lowest BCUT2D eigenvalue weighted by atomic mass is 9.88. The van der Waals surface area contributed by atoms with Gasteiger partial charge in [-0.05, 0) is 49.1 Å². The van der Waals surface area contributed by atoms with Crippen LogP contribution in [0, 0.1) is 5.92 Å². The second-order valence-electron chi connectivity index (χ2n) is 6.68. The van der Waals surface area contributed by atoms with Crippen LogP contribution >= 0.6 is 0 Å². The Morgan fingerprint density at radius 1 is 1.26 bits per heavy atom. The van der Waals surface area contributed by atoms with Crippen molar-refractivity contribution in [3.63, 3.8) is 0 Å². The molecule has 0 aromatic heterocycles. The highest BCUT2D eigenvalue weighted by molar-refractivity contribution is 5.76. The average Bonchev–Trinajstić information content (AvgIpc) is 2.62. The molecule has 2 aliphatic rings. The van der Waals surface area contributed by atoms with Gasteiger partial charge in [0.2, 0.25) is 5.91 Å². The Labute approximate surface area is 138 Å². The SMILES string of the molecule is COc1ccccc1C1CCN(C(=O)C[C@@H]2CCCOC2)CC1. The van der Waals surface area contributed by atoms with Crippen LogP contribution in [0.2, 0.25) is 0 Å². The third kappa shape index (κ3) is 4.05. The quantitative estimate of drug-likeness (QED) is 0.856. The van der Waals surface area contributed by atoms with Gasteiger partial charge in [0.05, 0.1) is 7.11 Å². The van der Waals surface area contributed by atoms with Crippen molar-refractivity contribution in [2.75, 3.05) is 33.4 Å². The van der Waals surface area contributed by atoms with E-state index in [9.17, 15) is 4.79 Å². The van der Waals surface area contributed by atoms with Crippen LogP contribution in [0.1, 0.15) is 43.6 Å². The van der Waals surface area contributed by atoms with Crippen LogP contribution in [0.25, 0.3) is 0 Å². The summed E-state index contributed by atoms with van der Waals surface area (Å²) in [7, 11) is 1.73. The number of ether oxygens (including phenoxy) is 2. The van der Waals surface area contributed by atoms with Gasteiger partial charge in [-0.25, -0.2) is 0 Å². The Morgan fingerprint density at radius 2 is 2.04 bits per heavy atom. The van der Waals surface area contributed by atoms with Crippen molar-refractivity contribution in [1.82, 2.24) is 4.90 Å². The summed E-state index contributed by atoms with van der Waals surface area (Å²) in [6.07, 6.45) is 4.91. The summed E-state index contributed by atoms with van der Waals surface area (Å²) >= 11 is 0. The fourth-order valence-corrected chi connectivity index (χ4v) is 3.79. The first-order valence-electron chi connectivity index (χ1n) is 8.76. The fourth-order valence-electron chi connectivity index (χ4n) is 3.79. The molecule has 2 saturated heterocycles. The second-order valence-corrected chi connectivity index (χ2v) is 6.68. The number of nitrogens with zero attached hydrogens (tertiary/aromatic N) is 1. The molecule has 0 spiro atoms. The summed E-state index contributed by atoms with van der Waals surface area (Å²) in [5.41, 5.74) is 1.28. The molecule has 0 aliphatic carbocycles. The lowest BCUT2D eigenvalue weighted by molar-refractivity contribution is -0.134. The molecule has 0 N–H and O–H groups in total. The highest BCUT2D eigenvalue weighted by Gasteiger charge is 2.27. The molecule has 2 heterocycles. The topological polar surface area (TPSA) is 38.8 Å². The zero-order chi connectivity index (χ0) is 16.1. The lowest BCUT2D eigenvalue weighted by Crippen LogP contribution is -2.39. The second kappa shape index (κ2) is 7.82. The molecule has 1 amide bonds. The van der Waals surface area contributed by atoms with Crippen molar-refractivity contribution < 1.29 is 14.3 Å². The Balaban J connectivity index is 1.52. The monoisotopic (exact) mass is 317 g/mol. The Hall–Kier alpha value is -1.55. The molecule has 3 rings (SSSR count). The van der Waals surface area contributed by atoms with Crippen molar-refractivity contribution in [3.05, 3.63) is 29.8 Å². The van der Waals surface area contributed by atoms with E-state index in [4.69, 9.17) is 9.47 Å². The minimum absolute atomic E-state index is 0.305. The number of para-hydroxylation sites is 1. The maximum atomic E-state index is 12.5. The highest BCUT2D eigenvalue weighted by atomic mass is 16.5. The lowest BCUT2D eigenvalue weighted by Gasteiger charge is -2.34. The summed E-state index contributed by atoms with van der Waals surface area (Å²) in [6, 6.07) is 8.25. The van der Waals surface area contributed by atoms with E-state index < -0.39 is 0 Å². The summed E-state index contributed by atoms with van der Waals surface area (Å²) in [5, 5.41) is 0. The predicted octanol–water partition coefficient (Wildman–Crippen LogP) is 3.22. The van der Waals surface area contributed by atoms with Gasteiger partial charge in [-0.15, -0.1) is 0 Å². The van der Waals surface area contributed by atoms with Crippen molar-refractivity contribution in [3.8, 4) is 5.75 Å². The Kier molecular flexibility index (Phi) is 5.55. The van der Waals surface area contributed by atoms with Gasteiger partial charge < -0.3 is 14.4 Å². The molecule has 2 fully saturated rings. The number of amides is 1. The molecule has 4 heteroatoms. The van der Waals surface area contributed by atoms with Crippen molar-refractivity contribution in [2.24, 2.45) is 5.92 Å². The highest BCUT2D eigenvalue weighted by Crippen LogP contribution is 2.34. The van der Waals surface area contributed by atoms with Gasteiger partial charge in [-0.1, -0.05) is 18.2 Å². The van der Waals surface area contributed by atoms with E-state index in [1.54, 1.807) is 7.11 Å². The normalized spacial score (nSPS) is 22.8. The largest absolute Gasteiger partial charge is 0.496 e. The van der Waals surface area contributed by atoms with Gasteiger partial charge in [-0.2, -0.15) is 0 Å². The van der Waals surface area contributed by atoms with E-state index >= 15 is 0 Å². The maximum Gasteiger partial charge on any atom is 0.222 e. The van der Waals surface area contributed by atoms with Gasteiger partial charge in [-0.3, -0.25) is 4.79 Å². The number of hydrogen-bond acceptors (Lipinski definition) is 3. The molecule has 1 aromatic rings. The summed E-state index contributed by atoms with van der Waals surface area (Å²) in [4.78, 5) is 14.5. The molecule has 2 aliphatic heterocycles. The Morgan fingerprint density at radius 3 is 2.74 bits per heavy atom. The minimum atomic E-state index is 0.305. The number of rotatable bonds is 4. The molecular formula is C19H27NO3. The summed E-state index contributed by atoms with van der Waals surface area (Å²) in [5.74, 6) is 2.19. The van der Waals surface area contributed by atoms with Gasteiger partial charge in [0, 0.05) is 32.7 Å². The van der Waals surface area contributed by atoms with Gasteiger partial charge in [0.1, 0.15) is 5.75 Å². The van der Waals surface area contributed by atoms with Crippen LogP contribution in [0.3, 0.4) is 0 Å². The fraction of sp³-hybridized carbons (Fsp3) is 0.632. The molecule has 1 aromatic carbocycles. The zero-order valence-electron chi connectivity index (χ0n) is 14.0. The number of methoxy groups -OCH3 is 1. The summed E-state index contributed by atoms with van der Waals surface area (Å²) < 4.78 is 11.0. The number of carbonyl (C=O) groups excluding carboxylic acids is 1. The van der Waals surface area contributed by atoms with Crippen molar-refractivity contribution in [1.29, 1.82) is 0 Å². The van der Waals surface area contributed by atoms with E-state index in [1.807, 2.05) is 17.0 Å². The molecule has 0 radical (unpaired) electrons. The first-order chi connectivity index (χ1) is 11.3. The third-order valence-electron chi connectivity index (χ3n) is 5.14. The van der Waals surface area contributed by atoms with Crippen molar-refractivity contribution >= 4 is 5.91 Å². The summed E-state index contributed by atoms with van der Waals surface area (Å²) in [6.45, 7) is 3.32. The van der Waals surface area contributed by atoms with Gasteiger partial charge in [0.25, 0.3) is 0 Å². The van der Waals surface area contributed by atoms with E-state index in [0.717, 1.165) is 57.7 Å². The minimum Gasteiger partial charge on any atom is -0.496 e. The van der Waals surface area contributed by atoms with Crippen LogP contribution in [0.4, 0.5) is 0 Å². The molecule has 1 atom stereocenters. The van der Waals surface area contributed by atoms with E-state index in [1.165, 1.54) is 5.56 Å². The smallest absolute Gasteiger partial charge is 0.222 e. The van der Waals surface area contributed by atoms with Crippen LogP contribution in [-0.2, 0) is 9.53 Å². The van der Waals surface area contributed by atoms with E-state index in [0.29, 0.717) is 24.2 Å². The van der Waals surface area contributed by atoms with Gasteiger partial charge >= 0.3 is 0 Å². The van der Waals surface area contributed by atoms with E-state index in [-0.39, 0.29) is 0 Å². The predicted molar refractivity (Wildman–Crippen MR) is 89.7 cm³/mol. The van der Waals surface area contributed by atoms with Crippen molar-refractivity contribution in [2.45, 2.75) is 38.0 Å². The standard InChI is InChI=1S/C19H27NO3/c1-22-18-7-3-2-6-17(18)16-8-10-20(11-9-16)19(21)13-15-5-4-12-23-14-15/h2-3,6-7,15-16H,4-5,8-14H2,1H3/t15-/m0/s1. The molecular weight excluding hydrogens is 290 g/mol. The first kappa shape index (κ1) is 16.3. The molecule has 0 saturated carbocycles. The number of piperidine rings is 1. The molecule has 0 bridgehead atoms. The van der Waals surface area contributed by atoms with Crippen LogP contribution in [0.5, 0.6) is 5.75 Å². The molecule has 4 nitrogen and oxygen atoms in total. The first-order valence-corrected chi connectivity index (χ1v) is 8.76. The van der Waals surface area contributed by atoms with Crippen LogP contribution < -0.4 is 4.74 Å². The maximum absolute atomic E-state index is 12.5. The molecule has 0 unspecified atom stereocenters. The number of hydrogen-bond donors (Lipinski definition) is 0. The average molecular weight is 317 g/mol. The number of benzene rings is 1. The molecule has 23 heavy (non-hydrogen) atoms. The van der Waals surface area contributed by atoms with Gasteiger partial charge in [0.15, 0.2) is 0 Å². The van der Waals surface area contributed by atoms with Crippen LogP contribution in [0.15, 0.2) is 24.3 Å². The zero-order valence-corrected chi connectivity index (χ0v) is 14.0. The Bertz CT molecular complexity index is 517. The molecule has 126 valence electrons. The van der Waals surface area contributed by atoms with E-state index in [2.05, 4.69) is 12.1 Å². The van der Waals surface area contributed by atoms with Crippen LogP contribution in [-0.4, -0.2) is 44.2 Å². The third-order valence-corrected chi connectivity index (χ3v) is 5.14. The number of carbonyl (C=O) groups is 1.